The number of nitrogens with one attached hydrogen (secondary N) is 2. The van der Waals surface area contributed by atoms with E-state index in [0.29, 0.717) is 12.5 Å². The van der Waals surface area contributed by atoms with Gasteiger partial charge in [-0.05, 0) is 43.2 Å². The van der Waals surface area contributed by atoms with Crippen molar-refractivity contribution >= 4 is 11.8 Å². The van der Waals surface area contributed by atoms with Crippen LogP contribution in [-0.2, 0) is 13.0 Å². The molecule has 0 saturated heterocycles. The Kier molecular flexibility index (Phi) is 5.98. The fraction of sp³-hybridized carbons (Fsp3) is 0.250. The molecule has 0 aliphatic rings. The second-order valence-electron chi connectivity index (χ2n) is 5.92. The van der Waals surface area contributed by atoms with Crippen LogP contribution in [0.2, 0.25) is 0 Å². The molecule has 0 radical (unpaired) electrons. The van der Waals surface area contributed by atoms with Crippen molar-refractivity contribution in [1.29, 1.82) is 0 Å². The van der Waals surface area contributed by atoms with Gasteiger partial charge in [-0.1, -0.05) is 18.2 Å². The minimum Gasteiger partial charge on any atom is -0.497 e. The molecule has 1 aromatic carbocycles. The van der Waals surface area contributed by atoms with E-state index in [4.69, 9.17) is 4.74 Å². The third-order valence-electron chi connectivity index (χ3n) is 3.89. The highest BCUT2D eigenvalue weighted by Gasteiger charge is 2.03. The molecule has 2 aromatic heterocycles. The highest BCUT2D eigenvalue weighted by Crippen LogP contribution is 2.13. The van der Waals surface area contributed by atoms with Gasteiger partial charge in [0, 0.05) is 24.5 Å². The number of ether oxygens (including phenoxy) is 1. The molecule has 6 heteroatoms. The van der Waals surface area contributed by atoms with Gasteiger partial charge < -0.3 is 15.4 Å². The number of rotatable bonds is 8. The number of benzene rings is 1. The summed E-state index contributed by atoms with van der Waals surface area (Å²) in [6, 6.07) is 15.9. The van der Waals surface area contributed by atoms with Crippen LogP contribution in [0.25, 0.3) is 0 Å². The molecular weight excluding hydrogens is 326 g/mol. The van der Waals surface area contributed by atoms with Crippen molar-refractivity contribution in [3.63, 3.8) is 0 Å². The first kappa shape index (κ1) is 17.7. The molecule has 26 heavy (non-hydrogen) atoms. The molecule has 0 unspecified atom stereocenters. The van der Waals surface area contributed by atoms with E-state index < -0.39 is 0 Å². The summed E-state index contributed by atoms with van der Waals surface area (Å²) in [6.45, 7) is 3.35. The van der Waals surface area contributed by atoms with E-state index in [0.717, 1.165) is 35.9 Å². The van der Waals surface area contributed by atoms with Gasteiger partial charge in [-0.3, -0.25) is 4.98 Å². The van der Waals surface area contributed by atoms with E-state index >= 15 is 0 Å². The number of hydrogen-bond donors (Lipinski definition) is 2. The first-order valence-electron chi connectivity index (χ1n) is 8.59. The Bertz CT molecular complexity index is 821. The Labute approximate surface area is 153 Å². The lowest BCUT2D eigenvalue weighted by molar-refractivity contribution is 0.414. The first-order chi connectivity index (χ1) is 12.7. The van der Waals surface area contributed by atoms with Crippen molar-refractivity contribution in [2.24, 2.45) is 0 Å². The number of anilines is 2. The Morgan fingerprint density at radius 2 is 1.85 bits per heavy atom. The predicted octanol–water partition coefficient (Wildman–Crippen LogP) is 3.46. The third kappa shape index (κ3) is 5.17. The average molecular weight is 349 g/mol. The number of methoxy groups -OCH3 is 1. The molecule has 2 N–H and O–H groups in total. The number of nitrogens with zero attached hydrogens (tertiary/aromatic N) is 3. The third-order valence-corrected chi connectivity index (χ3v) is 3.89. The predicted molar refractivity (Wildman–Crippen MR) is 104 cm³/mol. The fourth-order valence-electron chi connectivity index (χ4n) is 2.54. The molecule has 0 amide bonds. The highest BCUT2D eigenvalue weighted by atomic mass is 16.5. The van der Waals surface area contributed by atoms with Gasteiger partial charge in [-0.15, -0.1) is 0 Å². The van der Waals surface area contributed by atoms with Gasteiger partial charge in [0.1, 0.15) is 11.6 Å². The SMILES string of the molecule is COc1ccc(CCNc2cc(C)nc(NCc3ccccn3)n2)cc1. The summed E-state index contributed by atoms with van der Waals surface area (Å²) in [5.74, 6) is 2.29. The Morgan fingerprint density at radius 1 is 1.00 bits per heavy atom. The molecule has 3 aromatic rings. The van der Waals surface area contributed by atoms with Gasteiger partial charge in [-0.2, -0.15) is 4.98 Å². The Morgan fingerprint density at radius 3 is 2.58 bits per heavy atom. The van der Waals surface area contributed by atoms with Crippen LogP contribution in [0.4, 0.5) is 11.8 Å². The first-order valence-corrected chi connectivity index (χ1v) is 8.59. The maximum atomic E-state index is 5.18. The van der Waals surface area contributed by atoms with E-state index in [2.05, 4.69) is 37.7 Å². The van der Waals surface area contributed by atoms with E-state index in [1.165, 1.54) is 5.56 Å². The molecule has 134 valence electrons. The van der Waals surface area contributed by atoms with Crippen LogP contribution in [0.1, 0.15) is 17.0 Å². The van der Waals surface area contributed by atoms with Crippen molar-refractivity contribution in [2.75, 3.05) is 24.3 Å². The quantitative estimate of drug-likeness (QED) is 0.649. The van der Waals surface area contributed by atoms with Crippen molar-refractivity contribution < 1.29 is 4.74 Å². The standard InChI is InChI=1S/C20H23N5O/c1-15-13-19(22-12-10-16-6-8-18(26-2)9-7-16)25-20(24-15)23-14-17-5-3-4-11-21-17/h3-9,11,13H,10,12,14H2,1-2H3,(H2,22,23,24,25). The summed E-state index contributed by atoms with van der Waals surface area (Å²) in [5, 5.41) is 6.59. The lowest BCUT2D eigenvalue weighted by atomic mass is 10.1. The number of pyridine rings is 1. The van der Waals surface area contributed by atoms with E-state index in [9.17, 15) is 0 Å². The normalized spacial score (nSPS) is 10.4. The molecule has 0 aliphatic carbocycles. The fourth-order valence-corrected chi connectivity index (χ4v) is 2.54. The second-order valence-corrected chi connectivity index (χ2v) is 5.92. The van der Waals surface area contributed by atoms with Crippen LogP contribution in [0.3, 0.4) is 0 Å². The molecule has 0 atom stereocenters. The summed E-state index contributed by atoms with van der Waals surface area (Å²) in [6.07, 6.45) is 2.68. The number of aryl methyl sites for hydroxylation is 1. The molecule has 0 bridgehead atoms. The van der Waals surface area contributed by atoms with Crippen LogP contribution in [-0.4, -0.2) is 28.6 Å². The van der Waals surface area contributed by atoms with Crippen molar-refractivity contribution in [3.8, 4) is 5.75 Å². The zero-order chi connectivity index (χ0) is 18.2. The minimum absolute atomic E-state index is 0.593. The van der Waals surface area contributed by atoms with E-state index in [1.807, 2.05) is 43.3 Å². The summed E-state index contributed by atoms with van der Waals surface area (Å²) >= 11 is 0. The Hall–Kier alpha value is -3.15. The van der Waals surface area contributed by atoms with Gasteiger partial charge >= 0.3 is 0 Å². The molecule has 6 nitrogen and oxygen atoms in total. The molecule has 0 fully saturated rings. The van der Waals surface area contributed by atoms with Crippen molar-refractivity contribution in [1.82, 2.24) is 15.0 Å². The summed E-state index contributed by atoms with van der Waals surface area (Å²) in [4.78, 5) is 13.2. The molecular formula is C20H23N5O. The average Bonchev–Trinajstić information content (AvgIpc) is 2.67. The van der Waals surface area contributed by atoms with E-state index in [1.54, 1.807) is 13.3 Å². The zero-order valence-corrected chi connectivity index (χ0v) is 15.1. The molecule has 0 saturated carbocycles. The van der Waals surface area contributed by atoms with Crippen LogP contribution < -0.4 is 15.4 Å². The molecule has 2 heterocycles. The Balaban J connectivity index is 1.54. The van der Waals surface area contributed by atoms with Gasteiger partial charge in [0.05, 0.1) is 19.3 Å². The second kappa shape index (κ2) is 8.80. The summed E-state index contributed by atoms with van der Waals surface area (Å²) in [5.41, 5.74) is 3.11. The largest absolute Gasteiger partial charge is 0.497 e. The molecule has 0 aliphatic heterocycles. The maximum absolute atomic E-state index is 5.18. The van der Waals surface area contributed by atoms with E-state index in [-0.39, 0.29) is 0 Å². The lowest BCUT2D eigenvalue weighted by Crippen LogP contribution is -2.10. The molecule has 3 rings (SSSR count). The van der Waals surface area contributed by atoms with Crippen molar-refractivity contribution in [3.05, 3.63) is 71.7 Å². The minimum atomic E-state index is 0.593. The van der Waals surface area contributed by atoms with Crippen LogP contribution in [0.15, 0.2) is 54.7 Å². The van der Waals surface area contributed by atoms with Gasteiger partial charge in [0.2, 0.25) is 5.95 Å². The maximum Gasteiger partial charge on any atom is 0.225 e. The highest BCUT2D eigenvalue weighted by molar-refractivity contribution is 5.42. The summed E-state index contributed by atoms with van der Waals surface area (Å²) in [7, 11) is 1.67. The zero-order valence-electron chi connectivity index (χ0n) is 15.1. The summed E-state index contributed by atoms with van der Waals surface area (Å²) < 4.78 is 5.18. The molecule has 0 spiro atoms. The van der Waals surface area contributed by atoms with Gasteiger partial charge in [0.25, 0.3) is 0 Å². The number of hydrogen-bond acceptors (Lipinski definition) is 6. The topological polar surface area (TPSA) is 72.0 Å². The van der Waals surface area contributed by atoms with Crippen LogP contribution in [0.5, 0.6) is 5.75 Å². The van der Waals surface area contributed by atoms with Crippen molar-refractivity contribution in [2.45, 2.75) is 19.9 Å². The smallest absolute Gasteiger partial charge is 0.225 e. The number of aromatic nitrogens is 3. The lowest BCUT2D eigenvalue weighted by Gasteiger charge is -2.10. The van der Waals surface area contributed by atoms with Crippen LogP contribution >= 0.6 is 0 Å². The monoisotopic (exact) mass is 349 g/mol. The van der Waals surface area contributed by atoms with Gasteiger partial charge in [0.15, 0.2) is 0 Å². The van der Waals surface area contributed by atoms with Crippen LogP contribution in [0, 0.1) is 6.92 Å². The van der Waals surface area contributed by atoms with Gasteiger partial charge in [-0.25, -0.2) is 4.98 Å².